The van der Waals surface area contributed by atoms with Gasteiger partial charge in [0.1, 0.15) is 11.6 Å². The lowest BCUT2D eigenvalue weighted by Gasteiger charge is -2.16. The van der Waals surface area contributed by atoms with E-state index in [4.69, 9.17) is 0 Å². The fourth-order valence-corrected chi connectivity index (χ4v) is 1.95. The van der Waals surface area contributed by atoms with E-state index < -0.39 is 11.6 Å². The zero-order chi connectivity index (χ0) is 11.7. The molecule has 1 aromatic carbocycles. The number of hydrogen-bond acceptors (Lipinski definition) is 1. The van der Waals surface area contributed by atoms with Crippen LogP contribution in [0.2, 0.25) is 0 Å². The summed E-state index contributed by atoms with van der Waals surface area (Å²) in [6.07, 6.45) is 0.939. The minimum atomic E-state index is -0.787. The molecule has 0 aromatic heterocycles. The van der Waals surface area contributed by atoms with Gasteiger partial charge in [0.2, 0.25) is 0 Å². The molecule has 1 unspecified atom stereocenters. The van der Waals surface area contributed by atoms with Crippen LogP contribution >= 0.6 is 0 Å². The average molecular weight is 225 g/mol. The van der Waals surface area contributed by atoms with Crippen molar-refractivity contribution >= 4 is 5.91 Å². The van der Waals surface area contributed by atoms with Crippen LogP contribution < -0.4 is 0 Å². The summed E-state index contributed by atoms with van der Waals surface area (Å²) in [4.78, 5) is 13.5. The average Bonchev–Trinajstić information content (AvgIpc) is 2.64. The van der Waals surface area contributed by atoms with Crippen molar-refractivity contribution in [1.29, 1.82) is 0 Å². The standard InChI is InChI=1S/C12H13F2NO/c1-8-4-5-15(7-8)12(16)10-3-2-9(13)6-11(10)14/h2-3,6,8H,4-5,7H2,1H3. The second-order valence-corrected chi connectivity index (χ2v) is 4.27. The third-order valence-corrected chi connectivity index (χ3v) is 2.87. The Labute approximate surface area is 92.9 Å². The van der Waals surface area contributed by atoms with Crippen molar-refractivity contribution in [2.45, 2.75) is 13.3 Å². The Bertz CT molecular complexity index is 419. The zero-order valence-corrected chi connectivity index (χ0v) is 9.04. The normalized spacial score (nSPS) is 20.2. The summed E-state index contributed by atoms with van der Waals surface area (Å²) in [5.74, 6) is -1.34. The number of hydrogen-bond donors (Lipinski definition) is 0. The van der Waals surface area contributed by atoms with Gasteiger partial charge in [0.15, 0.2) is 0 Å². The first kappa shape index (κ1) is 11.0. The Morgan fingerprint density at radius 2 is 2.19 bits per heavy atom. The van der Waals surface area contributed by atoms with Crippen LogP contribution in [0, 0.1) is 17.6 Å². The summed E-state index contributed by atoms with van der Waals surface area (Å²) in [6, 6.07) is 3.05. The van der Waals surface area contributed by atoms with Crippen molar-refractivity contribution in [2.24, 2.45) is 5.92 Å². The second kappa shape index (κ2) is 4.20. The van der Waals surface area contributed by atoms with Gasteiger partial charge in [-0.2, -0.15) is 0 Å². The van der Waals surface area contributed by atoms with E-state index >= 15 is 0 Å². The van der Waals surface area contributed by atoms with E-state index in [9.17, 15) is 13.6 Å². The van der Waals surface area contributed by atoms with E-state index in [2.05, 4.69) is 0 Å². The van der Waals surface area contributed by atoms with Crippen LogP contribution in [0.4, 0.5) is 8.78 Å². The smallest absolute Gasteiger partial charge is 0.256 e. The lowest BCUT2D eigenvalue weighted by atomic mass is 10.1. The van der Waals surface area contributed by atoms with Crippen molar-refractivity contribution in [3.05, 3.63) is 35.4 Å². The van der Waals surface area contributed by atoms with E-state index in [0.717, 1.165) is 18.6 Å². The summed E-state index contributed by atoms with van der Waals surface area (Å²) in [5, 5.41) is 0. The Kier molecular flexibility index (Phi) is 2.90. The molecule has 0 aliphatic carbocycles. The highest BCUT2D eigenvalue weighted by Gasteiger charge is 2.25. The molecule has 0 bridgehead atoms. The molecule has 1 aromatic rings. The second-order valence-electron chi connectivity index (χ2n) is 4.27. The van der Waals surface area contributed by atoms with Gasteiger partial charge in [-0.1, -0.05) is 6.92 Å². The molecule has 1 aliphatic rings. The van der Waals surface area contributed by atoms with Gasteiger partial charge in [0, 0.05) is 19.2 Å². The highest BCUT2D eigenvalue weighted by Crippen LogP contribution is 2.19. The molecular weight excluding hydrogens is 212 g/mol. The number of carbonyl (C=O) groups excluding carboxylic acids is 1. The molecule has 0 saturated carbocycles. The predicted octanol–water partition coefficient (Wildman–Crippen LogP) is 2.45. The SMILES string of the molecule is CC1CCN(C(=O)c2ccc(F)cc2F)C1. The van der Waals surface area contributed by atoms with Gasteiger partial charge >= 0.3 is 0 Å². The van der Waals surface area contributed by atoms with E-state index in [1.807, 2.05) is 6.92 Å². The molecule has 2 rings (SSSR count). The van der Waals surface area contributed by atoms with Gasteiger partial charge in [-0.15, -0.1) is 0 Å². The topological polar surface area (TPSA) is 20.3 Å². The molecule has 1 aliphatic heterocycles. The maximum atomic E-state index is 13.4. The first-order valence-electron chi connectivity index (χ1n) is 5.32. The lowest BCUT2D eigenvalue weighted by molar-refractivity contribution is 0.0783. The van der Waals surface area contributed by atoms with Gasteiger partial charge in [-0.3, -0.25) is 4.79 Å². The van der Waals surface area contributed by atoms with Crippen LogP contribution in [0.5, 0.6) is 0 Å². The van der Waals surface area contributed by atoms with Crippen LogP contribution in [0.25, 0.3) is 0 Å². The van der Waals surface area contributed by atoms with Crippen LogP contribution in [-0.4, -0.2) is 23.9 Å². The van der Waals surface area contributed by atoms with Gasteiger partial charge < -0.3 is 4.90 Å². The molecule has 4 heteroatoms. The van der Waals surface area contributed by atoms with Gasteiger partial charge in [0.05, 0.1) is 5.56 Å². The maximum Gasteiger partial charge on any atom is 0.256 e. The quantitative estimate of drug-likeness (QED) is 0.719. The molecule has 1 fully saturated rings. The minimum absolute atomic E-state index is 0.0458. The van der Waals surface area contributed by atoms with E-state index in [1.54, 1.807) is 4.90 Å². The van der Waals surface area contributed by atoms with Crippen LogP contribution in [-0.2, 0) is 0 Å². The van der Waals surface area contributed by atoms with Gasteiger partial charge in [-0.05, 0) is 24.5 Å². The lowest BCUT2D eigenvalue weighted by Crippen LogP contribution is -2.29. The third-order valence-electron chi connectivity index (χ3n) is 2.87. The summed E-state index contributed by atoms with van der Waals surface area (Å²) in [5.41, 5.74) is -0.0458. The summed E-state index contributed by atoms with van der Waals surface area (Å²) in [7, 11) is 0. The number of rotatable bonds is 1. The molecule has 86 valence electrons. The molecule has 2 nitrogen and oxygen atoms in total. The molecule has 16 heavy (non-hydrogen) atoms. The molecule has 1 heterocycles. The number of amides is 1. The van der Waals surface area contributed by atoms with Crippen molar-refractivity contribution in [1.82, 2.24) is 4.90 Å². The fourth-order valence-electron chi connectivity index (χ4n) is 1.95. The summed E-state index contributed by atoms with van der Waals surface area (Å²) in [6.45, 7) is 3.35. The molecule has 0 N–H and O–H groups in total. The predicted molar refractivity (Wildman–Crippen MR) is 56.0 cm³/mol. The van der Waals surface area contributed by atoms with Gasteiger partial charge in [-0.25, -0.2) is 8.78 Å². The monoisotopic (exact) mass is 225 g/mol. The third kappa shape index (κ3) is 2.05. The minimum Gasteiger partial charge on any atom is -0.338 e. The van der Waals surface area contributed by atoms with Crippen LogP contribution in [0.1, 0.15) is 23.7 Å². The molecule has 1 atom stereocenters. The molecule has 0 spiro atoms. The van der Waals surface area contributed by atoms with E-state index in [1.165, 1.54) is 6.07 Å². The number of likely N-dealkylation sites (tertiary alicyclic amines) is 1. The summed E-state index contributed by atoms with van der Waals surface area (Å²) >= 11 is 0. The molecule has 1 amide bonds. The Morgan fingerprint density at radius 3 is 2.75 bits per heavy atom. The number of nitrogens with zero attached hydrogens (tertiary/aromatic N) is 1. The molecular formula is C12H13F2NO. The van der Waals surface area contributed by atoms with Crippen molar-refractivity contribution in [3.63, 3.8) is 0 Å². The number of halogens is 2. The Balaban J connectivity index is 2.21. The zero-order valence-electron chi connectivity index (χ0n) is 9.04. The van der Waals surface area contributed by atoms with E-state index in [0.29, 0.717) is 19.0 Å². The highest BCUT2D eigenvalue weighted by atomic mass is 19.1. The number of benzene rings is 1. The van der Waals surface area contributed by atoms with Crippen molar-refractivity contribution in [2.75, 3.05) is 13.1 Å². The molecule has 0 radical (unpaired) electrons. The van der Waals surface area contributed by atoms with Gasteiger partial charge in [0.25, 0.3) is 5.91 Å². The van der Waals surface area contributed by atoms with Crippen molar-refractivity contribution in [3.8, 4) is 0 Å². The first-order valence-corrected chi connectivity index (χ1v) is 5.32. The first-order chi connectivity index (χ1) is 7.58. The number of carbonyl (C=O) groups is 1. The Hall–Kier alpha value is -1.45. The largest absolute Gasteiger partial charge is 0.338 e. The fraction of sp³-hybridized carbons (Fsp3) is 0.417. The highest BCUT2D eigenvalue weighted by molar-refractivity contribution is 5.94. The molecule has 1 saturated heterocycles. The maximum absolute atomic E-state index is 13.4. The van der Waals surface area contributed by atoms with E-state index in [-0.39, 0.29) is 11.5 Å². The van der Waals surface area contributed by atoms with Crippen LogP contribution in [0.15, 0.2) is 18.2 Å². The van der Waals surface area contributed by atoms with Crippen molar-refractivity contribution < 1.29 is 13.6 Å². The summed E-state index contributed by atoms with van der Waals surface area (Å²) < 4.78 is 26.0. The Morgan fingerprint density at radius 1 is 1.44 bits per heavy atom. The van der Waals surface area contributed by atoms with Crippen LogP contribution in [0.3, 0.4) is 0 Å².